The number of ether oxygens (including phenoxy) is 1. The molecule has 110 valence electrons. The summed E-state index contributed by atoms with van der Waals surface area (Å²) >= 11 is 8.15. The van der Waals surface area contributed by atoms with Gasteiger partial charge in [-0.2, -0.15) is 0 Å². The maximum Gasteiger partial charge on any atom is 0.255 e. The van der Waals surface area contributed by atoms with E-state index in [2.05, 4.69) is 27.9 Å². The molecule has 4 nitrogen and oxygen atoms in total. The number of hydrogen-bond acceptors (Lipinski definition) is 3. The normalized spacial score (nSPS) is 22.4. The van der Waals surface area contributed by atoms with Crippen molar-refractivity contribution in [3.05, 3.63) is 26.3 Å². The van der Waals surface area contributed by atoms with E-state index in [1.54, 1.807) is 12.1 Å². The van der Waals surface area contributed by atoms with Crippen LogP contribution in [-0.4, -0.2) is 30.3 Å². The summed E-state index contributed by atoms with van der Waals surface area (Å²) < 4.78 is 6.06. The lowest BCUT2D eigenvalue weighted by molar-refractivity contribution is 0.0715. The molecule has 0 radical (unpaired) electrons. The molecule has 1 fully saturated rings. The lowest BCUT2D eigenvalue weighted by Gasteiger charge is -2.28. The van der Waals surface area contributed by atoms with Crippen molar-refractivity contribution in [3.63, 3.8) is 0 Å². The molecule has 1 aliphatic rings. The SMILES string of the molecule is COc1cc(I)c(Cl)cc1C(=O)N[C@@H]1CCCC[C@H]1O. The average Bonchev–Trinajstić information content (AvgIpc) is 2.43. The van der Waals surface area contributed by atoms with Gasteiger partial charge in [-0.3, -0.25) is 4.79 Å². The Morgan fingerprint density at radius 3 is 2.80 bits per heavy atom. The minimum atomic E-state index is -0.474. The van der Waals surface area contributed by atoms with Crippen LogP contribution in [0.25, 0.3) is 0 Å². The number of carbonyl (C=O) groups is 1. The summed E-state index contributed by atoms with van der Waals surface area (Å²) in [7, 11) is 1.52. The van der Waals surface area contributed by atoms with Gasteiger partial charge in [0.05, 0.1) is 29.8 Å². The Balaban J connectivity index is 2.18. The number of amides is 1. The highest BCUT2D eigenvalue weighted by Crippen LogP contribution is 2.28. The second kappa shape index (κ2) is 6.95. The summed E-state index contributed by atoms with van der Waals surface area (Å²) in [5.41, 5.74) is 0.399. The van der Waals surface area contributed by atoms with Crippen LogP contribution >= 0.6 is 34.2 Å². The van der Waals surface area contributed by atoms with Crippen molar-refractivity contribution in [2.45, 2.75) is 37.8 Å². The number of hydrogen-bond donors (Lipinski definition) is 2. The van der Waals surface area contributed by atoms with Crippen LogP contribution in [0.4, 0.5) is 0 Å². The van der Waals surface area contributed by atoms with E-state index in [1.807, 2.05) is 0 Å². The molecule has 2 N–H and O–H groups in total. The Hall–Kier alpha value is -0.530. The van der Waals surface area contributed by atoms with Gasteiger partial charge in [0.1, 0.15) is 5.75 Å². The van der Waals surface area contributed by atoms with Crippen LogP contribution < -0.4 is 10.1 Å². The van der Waals surface area contributed by atoms with E-state index in [4.69, 9.17) is 16.3 Å². The van der Waals surface area contributed by atoms with E-state index in [-0.39, 0.29) is 11.9 Å². The Labute approximate surface area is 137 Å². The molecule has 0 aliphatic heterocycles. The van der Waals surface area contributed by atoms with Crippen LogP contribution in [-0.2, 0) is 0 Å². The molecular weight excluding hydrogens is 393 g/mol. The molecule has 2 rings (SSSR count). The maximum absolute atomic E-state index is 12.3. The highest BCUT2D eigenvalue weighted by molar-refractivity contribution is 14.1. The van der Waals surface area contributed by atoms with Crippen molar-refractivity contribution in [1.29, 1.82) is 0 Å². The zero-order valence-corrected chi connectivity index (χ0v) is 14.1. The standard InChI is InChI=1S/C14H17ClINO3/c1-20-13-7-10(16)9(15)6-8(13)14(19)17-11-4-2-3-5-12(11)18/h6-7,11-12,18H,2-5H2,1H3,(H,17,19)/t11-,12-/m1/s1. The maximum atomic E-state index is 12.3. The molecule has 1 aromatic carbocycles. The first-order chi connectivity index (χ1) is 9.52. The molecule has 1 aliphatic carbocycles. The van der Waals surface area contributed by atoms with Crippen LogP contribution in [0.5, 0.6) is 5.75 Å². The predicted octanol–water partition coefficient (Wildman–Crippen LogP) is 2.99. The van der Waals surface area contributed by atoms with Crippen LogP contribution in [0, 0.1) is 3.57 Å². The topological polar surface area (TPSA) is 58.6 Å². The summed E-state index contributed by atoms with van der Waals surface area (Å²) in [5.74, 6) is 0.229. The third-order valence-electron chi connectivity index (χ3n) is 3.53. The first-order valence-corrected chi connectivity index (χ1v) is 8.00. The predicted molar refractivity (Wildman–Crippen MR) is 86.5 cm³/mol. The fourth-order valence-electron chi connectivity index (χ4n) is 2.40. The lowest BCUT2D eigenvalue weighted by atomic mass is 9.92. The number of benzene rings is 1. The van der Waals surface area contributed by atoms with Gasteiger partial charge in [0.15, 0.2) is 0 Å². The Kier molecular flexibility index (Phi) is 5.51. The smallest absolute Gasteiger partial charge is 0.255 e. The minimum Gasteiger partial charge on any atom is -0.496 e. The van der Waals surface area contributed by atoms with Crippen molar-refractivity contribution in [3.8, 4) is 5.75 Å². The molecule has 20 heavy (non-hydrogen) atoms. The third-order valence-corrected chi connectivity index (χ3v) is 5.06. The largest absolute Gasteiger partial charge is 0.496 e. The molecule has 6 heteroatoms. The quantitative estimate of drug-likeness (QED) is 0.755. The van der Waals surface area contributed by atoms with Crippen molar-refractivity contribution >= 4 is 40.1 Å². The molecule has 1 aromatic rings. The van der Waals surface area contributed by atoms with E-state index in [9.17, 15) is 9.90 Å². The molecule has 0 spiro atoms. The van der Waals surface area contributed by atoms with E-state index in [0.717, 1.165) is 29.3 Å². The molecule has 2 atom stereocenters. The number of nitrogens with one attached hydrogen (secondary N) is 1. The highest BCUT2D eigenvalue weighted by Gasteiger charge is 2.26. The number of carbonyl (C=O) groups excluding carboxylic acids is 1. The zero-order chi connectivity index (χ0) is 14.7. The van der Waals surface area contributed by atoms with Gasteiger partial charge in [0, 0.05) is 3.57 Å². The van der Waals surface area contributed by atoms with Gasteiger partial charge in [-0.15, -0.1) is 0 Å². The van der Waals surface area contributed by atoms with Crippen molar-refractivity contribution in [1.82, 2.24) is 5.32 Å². The molecule has 0 heterocycles. The first-order valence-electron chi connectivity index (χ1n) is 6.55. The second-order valence-electron chi connectivity index (χ2n) is 4.90. The highest BCUT2D eigenvalue weighted by atomic mass is 127. The van der Waals surface area contributed by atoms with Crippen LogP contribution in [0.1, 0.15) is 36.0 Å². The molecular formula is C14H17ClINO3. The lowest BCUT2D eigenvalue weighted by Crippen LogP contribution is -2.45. The van der Waals surface area contributed by atoms with Crippen molar-refractivity contribution in [2.75, 3.05) is 7.11 Å². The molecule has 0 aromatic heterocycles. The molecule has 0 saturated heterocycles. The van der Waals surface area contributed by atoms with E-state index >= 15 is 0 Å². The van der Waals surface area contributed by atoms with Gasteiger partial charge in [-0.05, 0) is 47.6 Å². The summed E-state index contributed by atoms with van der Waals surface area (Å²) in [6, 6.07) is 3.14. The number of aliphatic hydroxyl groups is 1. The summed E-state index contributed by atoms with van der Waals surface area (Å²) in [6.45, 7) is 0. The van der Waals surface area contributed by atoms with Gasteiger partial charge in [0.25, 0.3) is 5.91 Å². The van der Waals surface area contributed by atoms with E-state index in [1.165, 1.54) is 7.11 Å². The van der Waals surface area contributed by atoms with Gasteiger partial charge in [-0.25, -0.2) is 0 Å². The molecule has 0 bridgehead atoms. The zero-order valence-electron chi connectivity index (χ0n) is 11.2. The molecule has 1 saturated carbocycles. The van der Waals surface area contributed by atoms with Crippen molar-refractivity contribution < 1.29 is 14.6 Å². The number of rotatable bonds is 3. The van der Waals surface area contributed by atoms with E-state index < -0.39 is 6.10 Å². The Bertz CT molecular complexity index is 509. The number of halogens is 2. The third kappa shape index (κ3) is 3.56. The first kappa shape index (κ1) is 15.9. The van der Waals surface area contributed by atoms with Crippen molar-refractivity contribution in [2.24, 2.45) is 0 Å². The number of methoxy groups -OCH3 is 1. The fourth-order valence-corrected chi connectivity index (χ4v) is 3.00. The van der Waals surface area contributed by atoms with Gasteiger partial charge >= 0.3 is 0 Å². The number of aliphatic hydroxyl groups excluding tert-OH is 1. The van der Waals surface area contributed by atoms with Crippen LogP contribution in [0.3, 0.4) is 0 Å². The molecule has 1 amide bonds. The summed E-state index contributed by atoms with van der Waals surface area (Å²) in [5, 5.41) is 13.3. The summed E-state index contributed by atoms with van der Waals surface area (Å²) in [6.07, 6.45) is 3.08. The summed E-state index contributed by atoms with van der Waals surface area (Å²) in [4.78, 5) is 12.3. The Morgan fingerprint density at radius 2 is 2.15 bits per heavy atom. The van der Waals surface area contributed by atoms with Gasteiger partial charge in [-0.1, -0.05) is 24.4 Å². The van der Waals surface area contributed by atoms with E-state index in [0.29, 0.717) is 16.3 Å². The van der Waals surface area contributed by atoms with Crippen LogP contribution in [0.15, 0.2) is 12.1 Å². The fraction of sp³-hybridized carbons (Fsp3) is 0.500. The van der Waals surface area contributed by atoms with Gasteiger partial charge < -0.3 is 15.2 Å². The van der Waals surface area contributed by atoms with Gasteiger partial charge in [0.2, 0.25) is 0 Å². The Morgan fingerprint density at radius 1 is 1.45 bits per heavy atom. The van der Waals surface area contributed by atoms with Crippen LogP contribution in [0.2, 0.25) is 5.02 Å². The second-order valence-corrected chi connectivity index (χ2v) is 6.47. The molecule has 0 unspecified atom stereocenters. The average molecular weight is 410 g/mol. The monoisotopic (exact) mass is 409 g/mol. The minimum absolute atomic E-state index is 0.195.